The summed E-state index contributed by atoms with van der Waals surface area (Å²) in [5, 5.41) is 2.30. The molecule has 0 aliphatic rings. The second kappa shape index (κ2) is 5.92. The molecule has 2 amide bonds. The number of thiophene rings is 1. The van der Waals surface area contributed by atoms with Gasteiger partial charge in [0.1, 0.15) is 6.10 Å². The van der Waals surface area contributed by atoms with E-state index in [0.29, 0.717) is 4.88 Å². The standard InChI is InChI=1S/C12H16N2O4S/c1-12(2,3)9-5-4-8(19-9)7(18-11(13)16)6-10(15)14-17/h4-5,7H,6H2,1-3H3,(H2,13,16). The van der Waals surface area contributed by atoms with Gasteiger partial charge in [0.05, 0.1) is 6.42 Å². The zero-order valence-corrected chi connectivity index (χ0v) is 11.8. The molecule has 6 nitrogen and oxygen atoms in total. The van der Waals surface area contributed by atoms with Crippen LogP contribution >= 0.6 is 11.3 Å². The van der Waals surface area contributed by atoms with Crippen molar-refractivity contribution in [2.75, 3.05) is 0 Å². The van der Waals surface area contributed by atoms with Gasteiger partial charge in [0, 0.05) is 14.9 Å². The molecule has 19 heavy (non-hydrogen) atoms. The third-order valence-electron chi connectivity index (χ3n) is 2.40. The fraction of sp³-hybridized carbons (Fsp3) is 0.500. The van der Waals surface area contributed by atoms with Gasteiger partial charge in [0.15, 0.2) is 0 Å². The van der Waals surface area contributed by atoms with Crippen LogP contribution in [0, 0.1) is 4.91 Å². The van der Waals surface area contributed by atoms with Crippen molar-refractivity contribution in [3.05, 3.63) is 26.8 Å². The molecule has 0 saturated heterocycles. The topological polar surface area (TPSA) is 98.8 Å². The Morgan fingerprint density at radius 1 is 1.42 bits per heavy atom. The van der Waals surface area contributed by atoms with Crippen LogP contribution < -0.4 is 5.73 Å². The molecule has 0 spiro atoms. The van der Waals surface area contributed by atoms with E-state index in [1.165, 1.54) is 11.3 Å². The van der Waals surface area contributed by atoms with Gasteiger partial charge >= 0.3 is 6.09 Å². The van der Waals surface area contributed by atoms with Crippen LogP contribution in [0.1, 0.15) is 43.1 Å². The van der Waals surface area contributed by atoms with Crippen molar-refractivity contribution in [3.63, 3.8) is 0 Å². The number of carbonyl (C=O) groups is 2. The minimum atomic E-state index is -0.991. The maximum atomic E-state index is 11.1. The molecule has 104 valence electrons. The molecule has 0 aromatic carbocycles. The van der Waals surface area contributed by atoms with Crippen LogP contribution in [0.3, 0.4) is 0 Å². The number of primary amides is 1. The molecule has 1 atom stereocenters. The number of rotatable bonds is 4. The number of ether oxygens (including phenoxy) is 1. The van der Waals surface area contributed by atoms with Crippen molar-refractivity contribution in [2.24, 2.45) is 10.9 Å². The quantitative estimate of drug-likeness (QED) is 0.859. The zero-order valence-electron chi connectivity index (χ0n) is 11.0. The molecule has 1 heterocycles. The second-order valence-electron chi connectivity index (χ2n) is 5.07. The molecule has 0 fully saturated rings. The average molecular weight is 284 g/mol. The first-order chi connectivity index (χ1) is 8.74. The van der Waals surface area contributed by atoms with Gasteiger partial charge < -0.3 is 10.5 Å². The van der Waals surface area contributed by atoms with Crippen molar-refractivity contribution in [1.29, 1.82) is 0 Å². The zero-order chi connectivity index (χ0) is 14.6. The normalized spacial score (nSPS) is 12.8. The van der Waals surface area contributed by atoms with Gasteiger partial charge in [-0.2, -0.15) is 0 Å². The van der Waals surface area contributed by atoms with Crippen LogP contribution in [0.25, 0.3) is 0 Å². The lowest BCUT2D eigenvalue weighted by Gasteiger charge is -2.16. The van der Waals surface area contributed by atoms with Gasteiger partial charge in [0.25, 0.3) is 5.91 Å². The molecule has 0 aliphatic heterocycles. The Hall–Kier alpha value is -1.76. The molecule has 0 saturated carbocycles. The summed E-state index contributed by atoms with van der Waals surface area (Å²) in [5.41, 5.74) is 4.92. The Morgan fingerprint density at radius 3 is 2.47 bits per heavy atom. The predicted molar refractivity (Wildman–Crippen MR) is 71.8 cm³/mol. The van der Waals surface area contributed by atoms with Crippen LogP contribution in [-0.4, -0.2) is 12.0 Å². The first-order valence-electron chi connectivity index (χ1n) is 5.66. The van der Waals surface area contributed by atoms with Gasteiger partial charge in [-0.3, -0.25) is 4.79 Å². The van der Waals surface area contributed by atoms with Crippen molar-refractivity contribution < 1.29 is 14.3 Å². The fourth-order valence-corrected chi connectivity index (χ4v) is 2.56. The lowest BCUT2D eigenvalue weighted by atomic mass is 9.95. The van der Waals surface area contributed by atoms with E-state index in [1.807, 2.05) is 26.8 Å². The molecular formula is C12H16N2O4S. The van der Waals surface area contributed by atoms with Gasteiger partial charge in [-0.25, -0.2) is 4.79 Å². The van der Waals surface area contributed by atoms with Gasteiger partial charge in [-0.1, -0.05) is 20.8 Å². The first-order valence-corrected chi connectivity index (χ1v) is 6.48. The summed E-state index contributed by atoms with van der Waals surface area (Å²) in [6.45, 7) is 6.14. The number of hydrogen-bond donors (Lipinski definition) is 1. The summed E-state index contributed by atoms with van der Waals surface area (Å²) in [5.74, 6) is -0.878. The summed E-state index contributed by atoms with van der Waals surface area (Å²) in [6, 6.07) is 3.66. The number of amides is 2. The maximum absolute atomic E-state index is 11.1. The highest BCUT2D eigenvalue weighted by Crippen LogP contribution is 2.34. The van der Waals surface area contributed by atoms with Crippen LogP contribution in [-0.2, 0) is 14.9 Å². The number of nitrogens with two attached hydrogens (primary N) is 1. The molecule has 0 bridgehead atoms. The van der Waals surface area contributed by atoms with Crippen molar-refractivity contribution in [1.82, 2.24) is 0 Å². The number of carbonyl (C=O) groups excluding carboxylic acids is 2. The average Bonchev–Trinajstić information content (AvgIpc) is 2.76. The highest BCUT2D eigenvalue weighted by molar-refractivity contribution is 7.12. The summed E-state index contributed by atoms with van der Waals surface area (Å²) in [6.07, 6.45) is -2.14. The summed E-state index contributed by atoms with van der Waals surface area (Å²) in [7, 11) is 0. The van der Waals surface area contributed by atoms with E-state index in [9.17, 15) is 14.5 Å². The van der Waals surface area contributed by atoms with Crippen molar-refractivity contribution in [3.8, 4) is 0 Å². The lowest BCUT2D eigenvalue weighted by Crippen LogP contribution is -2.18. The number of nitroso groups, excluding NO2 is 1. The Kier molecular flexibility index (Phi) is 4.77. The third kappa shape index (κ3) is 4.44. The van der Waals surface area contributed by atoms with E-state index in [1.54, 1.807) is 6.07 Å². The van der Waals surface area contributed by atoms with E-state index in [4.69, 9.17) is 10.5 Å². The van der Waals surface area contributed by atoms with E-state index >= 15 is 0 Å². The van der Waals surface area contributed by atoms with Gasteiger partial charge in [-0.15, -0.1) is 16.2 Å². The lowest BCUT2D eigenvalue weighted by molar-refractivity contribution is -0.119. The highest BCUT2D eigenvalue weighted by Gasteiger charge is 2.24. The third-order valence-corrected chi connectivity index (χ3v) is 4.01. The Balaban J connectivity index is 2.97. The molecule has 2 N–H and O–H groups in total. The van der Waals surface area contributed by atoms with Gasteiger partial charge in [-0.05, 0) is 17.5 Å². The molecule has 0 aliphatic carbocycles. The first kappa shape index (κ1) is 15.3. The summed E-state index contributed by atoms with van der Waals surface area (Å²) >= 11 is 1.41. The second-order valence-corrected chi connectivity index (χ2v) is 6.18. The molecule has 1 aromatic rings. The Bertz CT molecular complexity index is 490. The Labute approximate surface area is 114 Å². The van der Waals surface area contributed by atoms with Crippen molar-refractivity contribution in [2.45, 2.75) is 38.7 Å². The highest BCUT2D eigenvalue weighted by atomic mass is 32.1. The molecule has 1 unspecified atom stereocenters. The summed E-state index contributed by atoms with van der Waals surface area (Å²) in [4.78, 5) is 33.8. The fourth-order valence-electron chi connectivity index (χ4n) is 1.47. The molecule has 7 heteroatoms. The van der Waals surface area contributed by atoms with Gasteiger partial charge in [0.2, 0.25) is 0 Å². The van der Waals surface area contributed by atoms with E-state index in [0.717, 1.165) is 4.88 Å². The van der Waals surface area contributed by atoms with Crippen LogP contribution in [0.4, 0.5) is 4.79 Å². The predicted octanol–water partition coefficient (Wildman–Crippen LogP) is 2.87. The van der Waals surface area contributed by atoms with Crippen LogP contribution in [0.15, 0.2) is 17.3 Å². The number of hydrogen-bond acceptors (Lipinski definition) is 5. The smallest absolute Gasteiger partial charge is 0.405 e. The molecular weight excluding hydrogens is 268 g/mol. The largest absolute Gasteiger partial charge is 0.440 e. The molecule has 1 rings (SSSR count). The minimum Gasteiger partial charge on any atom is -0.440 e. The maximum Gasteiger partial charge on any atom is 0.405 e. The molecule has 1 aromatic heterocycles. The SMILES string of the molecule is CC(C)(C)c1ccc(C(CC(=O)N=O)OC(N)=O)s1. The molecule has 0 radical (unpaired) electrons. The van der Waals surface area contributed by atoms with Crippen LogP contribution in [0.2, 0.25) is 0 Å². The monoisotopic (exact) mass is 284 g/mol. The van der Waals surface area contributed by atoms with Crippen molar-refractivity contribution >= 4 is 23.3 Å². The summed E-state index contributed by atoms with van der Waals surface area (Å²) < 4.78 is 4.86. The van der Waals surface area contributed by atoms with E-state index in [-0.39, 0.29) is 11.8 Å². The Morgan fingerprint density at radius 2 is 2.05 bits per heavy atom. The minimum absolute atomic E-state index is 0.0485. The number of nitrogens with zero attached hydrogens (tertiary/aromatic N) is 1. The van der Waals surface area contributed by atoms with E-state index in [2.05, 4.69) is 5.18 Å². The van der Waals surface area contributed by atoms with E-state index < -0.39 is 18.1 Å². The van der Waals surface area contributed by atoms with Crippen LogP contribution in [0.5, 0.6) is 0 Å².